The number of hydrogen-bond donors (Lipinski definition) is 0. The van der Waals surface area contributed by atoms with E-state index in [1.807, 2.05) is 18.2 Å². The molecule has 0 saturated heterocycles. The molecule has 170 valence electrons. The molecule has 2 aromatic rings. The third-order valence-electron chi connectivity index (χ3n) is 5.98. The first-order valence-electron chi connectivity index (χ1n) is 12.5. The van der Waals surface area contributed by atoms with Crippen LogP contribution in [0.3, 0.4) is 0 Å². The van der Waals surface area contributed by atoms with E-state index in [4.69, 9.17) is 10.00 Å². The highest BCUT2D eigenvalue weighted by Gasteiger charge is 2.09. The van der Waals surface area contributed by atoms with E-state index in [2.05, 4.69) is 25.1 Å². The van der Waals surface area contributed by atoms with Gasteiger partial charge < -0.3 is 4.74 Å². The van der Waals surface area contributed by atoms with E-state index in [-0.39, 0.29) is 5.56 Å². The molecule has 0 spiro atoms. The monoisotopic (exact) mass is 430 g/mol. The van der Waals surface area contributed by atoms with Crippen LogP contribution >= 0.6 is 0 Å². The molecule has 0 bridgehead atoms. The van der Waals surface area contributed by atoms with Crippen LogP contribution in [0.4, 0.5) is 0 Å². The lowest BCUT2D eigenvalue weighted by atomic mass is 10.0. The Kier molecular flexibility index (Phi) is 12.7. The fraction of sp³-hybridized carbons (Fsp3) is 0.517. The molecule has 0 unspecified atom stereocenters. The van der Waals surface area contributed by atoms with Crippen LogP contribution in [0.2, 0.25) is 0 Å². The van der Waals surface area contributed by atoms with Gasteiger partial charge in [-0.15, -0.1) is 0 Å². The van der Waals surface area contributed by atoms with Crippen molar-refractivity contribution in [1.82, 2.24) is 0 Å². The summed E-state index contributed by atoms with van der Waals surface area (Å²) in [5.41, 5.74) is 1.93. The van der Waals surface area contributed by atoms with Crippen LogP contribution in [0.5, 0.6) is 11.5 Å². The SMILES string of the molecule is CCCCCCCCCCCCCCCc1ccc(Oc2cccc(C#N)c2C#N)cc1. The normalized spacial score (nSPS) is 10.5. The maximum atomic E-state index is 9.32. The van der Waals surface area contributed by atoms with Crippen LogP contribution in [0, 0.1) is 22.7 Å². The second-order valence-electron chi connectivity index (χ2n) is 8.64. The van der Waals surface area contributed by atoms with Crippen molar-refractivity contribution in [1.29, 1.82) is 10.5 Å². The third-order valence-corrected chi connectivity index (χ3v) is 5.98. The fourth-order valence-corrected chi connectivity index (χ4v) is 4.02. The summed E-state index contributed by atoms with van der Waals surface area (Å²) in [6.45, 7) is 2.28. The molecule has 0 atom stereocenters. The maximum Gasteiger partial charge on any atom is 0.146 e. The van der Waals surface area contributed by atoms with Crippen molar-refractivity contribution >= 4 is 0 Å². The summed E-state index contributed by atoms with van der Waals surface area (Å²) in [7, 11) is 0. The summed E-state index contributed by atoms with van der Waals surface area (Å²) in [6.07, 6.45) is 18.9. The molecule has 0 saturated carbocycles. The third kappa shape index (κ3) is 9.57. The minimum absolute atomic E-state index is 0.283. The summed E-state index contributed by atoms with van der Waals surface area (Å²) in [6, 6.07) is 17.3. The summed E-state index contributed by atoms with van der Waals surface area (Å²) in [5, 5.41) is 18.5. The molecule has 2 rings (SSSR count). The van der Waals surface area contributed by atoms with Crippen molar-refractivity contribution in [3.8, 4) is 23.6 Å². The van der Waals surface area contributed by atoms with E-state index in [1.165, 1.54) is 89.0 Å². The standard InChI is InChI=1S/C29H38N2O/c1-2-3-4-5-6-7-8-9-10-11-12-13-14-16-25-19-21-27(22-20-25)32-29-18-15-17-26(23-30)28(29)24-31/h15,17-22H,2-14,16H2,1H3. The number of rotatable bonds is 16. The number of hydrogen-bond acceptors (Lipinski definition) is 3. The zero-order valence-corrected chi connectivity index (χ0v) is 19.7. The average Bonchev–Trinajstić information content (AvgIpc) is 2.83. The maximum absolute atomic E-state index is 9.32. The molecule has 3 heteroatoms. The van der Waals surface area contributed by atoms with Crippen LogP contribution in [0.15, 0.2) is 42.5 Å². The smallest absolute Gasteiger partial charge is 0.146 e. The number of benzene rings is 2. The van der Waals surface area contributed by atoms with Crippen molar-refractivity contribution in [3.63, 3.8) is 0 Å². The molecule has 0 heterocycles. The lowest BCUT2D eigenvalue weighted by Crippen LogP contribution is -1.92. The molecule has 0 aliphatic heterocycles. The predicted molar refractivity (Wildman–Crippen MR) is 132 cm³/mol. The number of aryl methyl sites for hydroxylation is 1. The molecule has 3 nitrogen and oxygen atoms in total. The van der Waals surface area contributed by atoms with Crippen LogP contribution in [0.1, 0.15) is 107 Å². The van der Waals surface area contributed by atoms with Crippen LogP contribution < -0.4 is 4.74 Å². The van der Waals surface area contributed by atoms with Crippen LogP contribution in [-0.2, 0) is 6.42 Å². The number of unbranched alkanes of at least 4 members (excludes halogenated alkanes) is 12. The van der Waals surface area contributed by atoms with Gasteiger partial charge in [0.1, 0.15) is 29.2 Å². The molecule has 0 aliphatic rings. The number of nitriles is 2. The lowest BCUT2D eigenvalue weighted by Gasteiger charge is -2.09. The molecule has 0 N–H and O–H groups in total. The Morgan fingerprint density at radius 3 is 1.75 bits per heavy atom. The van der Waals surface area contributed by atoms with Gasteiger partial charge in [0.05, 0.1) is 5.56 Å². The van der Waals surface area contributed by atoms with Crippen LogP contribution in [0.25, 0.3) is 0 Å². The quantitative estimate of drug-likeness (QED) is 0.250. The Bertz CT molecular complexity index is 858. The highest BCUT2D eigenvalue weighted by atomic mass is 16.5. The van der Waals surface area contributed by atoms with Gasteiger partial charge in [-0.25, -0.2) is 0 Å². The Balaban J connectivity index is 1.58. The van der Waals surface area contributed by atoms with Gasteiger partial charge in [0.15, 0.2) is 0 Å². The summed E-state index contributed by atoms with van der Waals surface area (Å²) in [4.78, 5) is 0. The lowest BCUT2D eigenvalue weighted by molar-refractivity contribution is 0.480. The van der Waals surface area contributed by atoms with Crippen molar-refractivity contribution in [2.75, 3.05) is 0 Å². The van der Waals surface area contributed by atoms with Crippen molar-refractivity contribution < 1.29 is 4.74 Å². The van der Waals surface area contributed by atoms with E-state index in [1.54, 1.807) is 18.2 Å². The Morgan fingerprint density at radius 2 is 1.22 bits per heavy atom. The fourth-order valence-electron chi connectivity index (χ4n) is 4.02. The molecular weight excluding hydrogens is 392 g/mol. The largest absolute Gasteiger partial charge is 0.456 e. The van der Waals surface area contributed by atoms with E-state index < -0.39 is 0 Å². The molecule has 32 heavy (non-hydrogen) atoms. The van der Waals surface area contributed by atoms with Gasteiger partial charge in [0, 0.05) is 0 Å². The summed E-state index contributed by atoms with van der Waals surface area (Å²) >= 11 is 0. The minimum atomic E-state index is 0.283. The highest BCUT2D eigenvalue weighted by Crippen LogP contribution is 2.27. The zero-order valence-electron chi connectivity index (χ0n) is 19.7. The second-order valence-corrected chi connectivity index (χ2v) is 8.64. The summed E-state index contributed by atoms with van der Waals surface area (Å²) < 4.78 is 5.85. The first kappa shape index (κ1) is 25.5. The highest BCUT2D eigenvalue weighted by molar-refractivity contribution is 5.55. The topological polar surface area (TPSA) is 56.8 Å². The van der Waals surface area contributed by atoms with Gasteiger partial charge in [-0.3, -0.25) is 0 Å². The minimum Gasteiger partial charge on any atom is -0.456 e. The van der Waals surface area contributed by atoms with Crippen LogP contribution in [-0.4, -0.2) is 0 Å². The zero-order chi connectivity index (χ0) is 22.9. The van der Waals surface area contributed by atoms with Gasteiger partial charge in [-0.1, -0.05) is 102 Å². The Morgan fingerprint density at radius 1 is 0.656 bits per heavy atom. The van der Waals surface area contributed by atoms with Gasteiger partial charge in [0.25, 0.3) is 0 Å². The molecular formula is C29H38N2O. The first-order valence-corrected chi connectivity index (χ1v) is 12.5. The van der Waals surface area contributed by atoms with Gasteiger partial charge in [0.2, 0.25) is 0 Å². The van der Waals surface area contributed by atoms with E-state index in [9.17, 15) is 5.26 Å². The summed E-state index contributed by atoms with van der Waals surface area (Å²) in [5.74, 6) is 1.11. The predicted octanol–water partition coefficient (Wildman–Crippen LogP) is 8.86. The van der Waals surface area contributed by atoms with Crippen molar-refractivity contribution in [2.45, 2.75) is 96.8 Å². The van der Waals surface area contributed by atoms with E-state index in [0.29, 0.717) is 17.1 Å². The molecule has 0 aliphatic carbocycles. The Hall–Kier alpha value is -2.78. The van der Waals surface area contributed by atoms with Crippen molar-refractivity contribution in [3.05, 3.63) is 59.2 Å². The molecule has 0 amide bonds. The molecule has 0 aromatic heterocycles. The van der Waals surface area contributed by atoms with Gasteiger partial charge in [-0.2, -0.15) is 10.5 Å². The van der Waals surface area contributed by atoms with E-state index >= 15 is 0 Å². The molecule has 0 radical (unpaired) electrons. The second kappa shape index (κ2) is 15.9. The van der Waals surface area contributed by atoms with E-state index in [0.717, 1.165) is 6.42 Å². The molecule has 0 fully saturated rings. The first-order chi connectivity index (χ1) is 15.8. The average molecular weight is 431 g/mol. The Labute approximate surface area is 195 Å². The molecule has 2 aromatic carbocycles. The van der Waals surface area contributed by atoms with Gasteiger partial charge >= 0.3 is 0 Å². The van der Waals surface area contributed by atoms with Gasteiger partial charge in [-0.05, 0) is 42.7 Å². The van der Waals surface area contributed by atoms with Crippen molar-refractivity contribution in [2.24, 2.45) is 0 Å². The number of ether oxygens (including phenoxy) is 1. The number of nitrogens with zero attached hydrogens (tertiary/aromatic N) is 2.